The fourth-order valence-corrected chi connectivity index (χ4v) is 1.95. The van der Waals surface area contributed by atoms with Gasteiger partial charge in [0.1, 0.15) is 0 Å². The maximum absolute atomic E-state index is 5.65. The van der Waals surface area contributed by atoms with E-state index in [1.807, 2.05) is 0 Å². The molecule has 20 heavy (non-hydrogen) atoms. The van der Waals surface area contributed by atoms with Crippen molar-refractivity contribution in [3.63, 3.8) is 0 Å². The first-order chi connectivity index (χ1) is 9.36. The van der Waals surface area contributed by atoms with E-state index in [1.165, 1.54) is 12.8 Å². The van der Waals surface area contributed by atoms with E-state index in [1.54, 1.807) is 7.05 Å². The number of guanidine groups is 1. The van der Waals surface area contributed by atoms with Gasteiger partial charge in [0.15, 0.2) is 5.96 Å². The third-order valence-corrected chi connectivity index (χ3v) is 3.18. The van der Waals surface area contributed by atoms with Gasteiger partial charge in [0.2, 0.25) is 0 Å². The summed E-state index contributed by atoms with van der Waals surface area (Å²) in [4.78, 5) is 4.18. The second kappa shape index (κ2) is 13.9. The van der Waals surface area contributed by atoms with Crippen molar-refractivity contribution in [3.8, 4) is 0 Å². The van der Waals surface area contributed by atoms with Gasteiger partial charge in [-0.25, -0.2) is 0 Å². The Labute approximate surface area is 140 Å². The van der Waals surface area contributed by atoms with Gasteiger partial charge in [0.05, 0.1) is 13.2 Å². The molecule has 120 valence electrons. The molecule has 1 heterocycles. The summed E-state index contributed by atoms with van der Waals surface area (Å²) in [7, 11) is 1.80. The minimum Gasteiger partial charge on any atom is -0.381 e. The van der Waals surface area contributed by atoms with Crippen molar-refractivity contribution in [1.82, 2.24) is 10.6 Å². The number of halogens is 1. The van der Waals surface area contributed by atoms with Gasteiger partial charge in [-0.15, -0.1) is 24.0 Å². The van der Waals surface area contributed by atoms with Crippen LogP contribution >= 0.6 is 24.0 Å². The van der Waals surface area contributed by atoms with Gasteiger partial charge in [-0.1, -0.05) is 13.3 Å². The van der Waals surface area contributed by atoms with Crippen LogP contribution in [0, 0.1) is 5.92 Å². The van der Waals surface area contributed by atoms with Gasteiger partial charge in [-0.3, -0.25) is 4.99 Å². The predicted octanol–water partition coefficient (Wildman–Crippen LogP) is 2.01. The molecular formula is C14H30IN3O2. The van der Waals surface area contributed by atoms with Crippen molar-refractivity contribution >= 4 is 29.9 Å². The van der Waals surface area contributed by atoms with Crippen molar-refractivity contribution in [3.05, 3.63) is 0 Å². The predicted molar refractivity (Wildman–Crippen MR) is 94.0 cm³/mol. The van der Waals surface area contributed by atoms with Gasteiger partial charge >= 0.3 is 0 Å². The van der Waals surface area contributed by atoms with Crippen LogP contribution in [0.5, 0.6) is 0 Å². The van der Waals surface area contributed by atoms with Crippen molar-refractivity contribution in [2.75, 3.05) is 46.6 Å². The highest BCUT2D eigenvalue weighted by Crippen LogP contribution is 2.12. The largest absolute Gasteiger partial charge is 0.381 e. The second-order valence-electron chi connectivity index (χ2n) is 4.94. The van der Waals surface area contributed by atoms with Crippen LogP contribution in [0.25, 0.3) is 0 Å². The summed E-state index contributed by atoms with van der Waals surface area (Å²) in [6.45, 7) is 7.46. The molecular weight excluding hydrogens is 369 g/mol. The van der Waals surface area contributed by atoms with E-state index < -0.39 is 0 Å². The number of hydrogen-bond donors (Lipinski definition) is 2. The Morgan fingerprint density at radius 3 is 2.65 bits per heavy atom. The first-order valence-corrected chi connectivity index (χ1v) is 7.46. The number of nitrogens with zero attached hydrogens (tertiary/aromatic N) is 1. The van der Waals surface area contributed by atoms with Crippen molar-refractivity contribution < 1.29 is 9.47 Å². The molecule has 0 spiro atoms. The normalized spacial score (nSPS) is 18.7. The maximum atomic E-state index is 5.65. The average molecular weight is 399 g/mol. The maximum Gasteiger partial charge on any atom is 0.190 e. The zero-order chi connectivity index (χ0) is 13.8. The van der Waals surface area contributed by atoms with Gasteiger partial charge < -0.3 is 20.1 Å². The number of hydrogen-bond acceptors (Lipinski definition) is 3. The molecule has 1 rings (SSSR count). The van der Waals surface area contributed by atoms with E-state index in [0.29, 0.717) is 5.92 Å². The van der Waals surface area contributed by atoms with Gasteiger partial charge in [0.25, 0.3) is 0 Å². The minimum atomic E-state index is 0. The van der Waals surface area contributed by atoms with E-state index in [4.69, 9.17) is 9.47 Å². The van der Waals surface area contributed by atoms with Crippen molar-refractivity contribution in [1.29, 1.82) is 0 Å². The standard InChI is InChI=1S/C14H29N3O2.HI/c1-3-4-7-16-14(15-2)17-8-5-9-18-11-13-6-10-19-12-13;/h13H,3-12H2,1-2H3,(H2,15,16,17);1H. The molecule has 1 fully saturated rings. The third-order valence-electron chi connectivity index (χ3n) is 3.18. The van der Waals surface area contributed by atoms with Crippen LogP contribution in [0.4, 0.5) is 0 Å². The molecule has 5 nitrogen and oxygen atoms in total. The van der Waals surface area contributed by atoms with E-state index in [-0.39, 0.29) is 24.0 Å². The van der Waals surface area contributed by atoms with Crippen LogP contribution in [0.15, 0.2) is 4.99 Å². The molecule has 2 N–H and O–H groups in total. The molecule has 0 aliphatic carbocycles. The zero-order valence-electron chi connectivity index (χ0n) is 12.8. The molecule has 0 aromatic heterocycles. The molecule has 0 aromatic carbocycles. The lowest BCUT2D eigenvalue weighted by Gasteiger charge is -2.12. The molecule has 1 unspecified atom stereocenters. The molecule has 1 atom stereocenters. The fraction of sp³-hybridized carbons (Fsp3) is 0.929. The van der Waals surface area contributed by atoms with Crippen LogP contribution < -0.4 is 10.6 Å². The van der Waals surface area contributed by atoms with E-state index >= 15 is 0 Å². The summed E-state index contributed by atoms with van der Waals surface area (Å²) >= 11 is 0. The van der Waals surface area contributed by atoms with Crippen LogP contribution in [0.1, 0.15) is 32.6 Å². The van der Waals surface area contributed by atoms with E-state index in [2.05, 4.69) is 22.5 Å². The van der Waals surface area contributed by atoms with Crippen molar-refractivity contribution in [2.24, 2.45) is 10.9 Å². The Balaban J connectivity index is 0.00000361. The summed E-state index contributed by atoms with van der Waals surface area (Å²) in [5.41, 5.74) is 0. The highest BCUT2D eigenvalue weighted by molar-refractivity contribution is 14.0. The molecule has 6 heteroatoms. The van der Waals surface area contributed by atoms with Crippen LogP contribution in [0.2, 0.25) is 0 Å². The Morgan fingerprint density at radius 1 is 1.30 bits per heavy atom. The molecule has 1 aliphatic rings. The summed E-state index contributed by atoms with van der Waals surface area (Å²) in [5, 5.41) is 6.58. The average Bonchev–Trinajstić information content (AvgIpc) is 2.94. The zero-order valence-corrected chi connectivity index (χ0v) is 15.2. The summed E-state index contributed by atoms with van der Waals surface area (Å²) in [6, 6.07) is 0. The lowest BCUT2D eigenvalue weighted by Crippen LogP contribution is -2.38. The Hall–Kier alpha value is -0.0800. The number of ether oxygens (including phenoxy) is 2. The Morgan fingerprint density at radius 2 is 2.05 bits per heavy atom. The minimum absolute atomic E-state index is 0. The van der Waals surface area contributed by atoms with Crippen LogP contribution in [-0.2, 0) is 9.47 Å². The first-order valence-electron chi connectivity index (χ1n) is 7.46. The lowest BCUT2D eigenvalue weighted by molar-refractivity contribution is 0.0888. The van der Waals surface area contributed by atoms with Gasteiger partial charge in [-0.2, -0.15) is 0 Å². The van der Waals surface area contributed by atoms with Gasteiger partial charge in [0, 0.05) is 39.3 Å². The Bertz CT molecular complexity index is 247. The number of unbranched alkanes of at least 4 members (excludes halogenated alkanes) is 1. The van der Waals surface area contributed by atoms with Gasteiger partial charge in [-0.05, 0) is 19.3 Å². The first kappa shape index (κ1) is 19.9. The molecule has 0 amide bonds. The Kier molecular flexibility index (Phi) is 13.8. The third kappa shape index (κ3) is 9.77. The lowest BCUT2D eigenvalue weighted by atomic mass is 10.1. The van der Waals surface area contributed by atoms with Crippen LogP contribution in [-0.4, -0.2) is 52.5 Å². The quantitative estimate of drug-likeness (QED) is 0.270. The summed E-state index contributed by atoms with van der Waals surface area (Å²) in [5.74, 6) is 1.49. The van der Waals surface area contributed by atoms with E-state index in [0.717, 1.165) is 58.3 Å². The highest BCUT2D eigenvalue weighted by Gasteiger charge is 2.15. The fourth-order valence-electron chi connectivity index (χ4n) is 1.95. The second-order valence-corrected chi connectivity index (χ2v) is 4.94. The monoisotopic (exact) mass is 399 g/mol. The SMILES string of the molecule is CCCCNC(=NC)NCCCOCC1CCOC1.I. The molecule has 0 saturated carbocycles. The highest BCUT2D eigenvalue weighted by atomic mass is 127. The number of aliphatic imine (C=N–C) groups is 1. The topological polar surface area (TPSA) is 54.9 Å². The molecule has 0 bridgehead atoms. The van der Waals surface area contributed by atoms with Crippen molar-refractivity contribution in [2.45, 2.75) is 32.6 Å². The smallest absolute Gasteiger partial charge is 0.190 e. The summed E-state index contributed by atoms with van der Waals surface area (Å²) in [6.07, 6.45) is 4.52. The molecule has 0 radical (unpaired) electrons. The van der Waals surface area contributed by atoms with Crippen LogP contribution in [0.3, 0.4) is 0 Å². The van der Waals surface area contributed by atoms with E-state index in [9.17, 15) is 0 Å². The molecule has 0 aromatic rings. The molecule has 1 aliphatic heterocycles. The number of nitrogens with one attached hydrogen (secondary N) is 2. The molecule has 1 saturated heterocycles. The summed E-state index contributed by atoms with van der Waals surface area (Å²) < 4.78 is 11.0. The number of rotatable bonds is 9.